The van der Waals surface area contributed by atoms with Crippen LogP contribution in [0.3, 0.4) is 0 Å². The number of aryl methyl sites for hydroxylation is 1. The largest absolute Gasteiger partial charge is 0.373 e. The number of aromatic nitrogens is 2. The first-order chi connectivity index (χ1) is 13.9. The molecule has 1 saturated heterocycles. The lowest BCUT2D eigenvalue weighted by molar-refractivity contribution is -0.153. The van der Waals surface area contributed by atoms with E-state index in [1.807, 2.05) is 31.3 Å². The first-order valence-corrected chi connectivity index (χ1v) is 10.6. The molecule has 4 rings (SSSR count). The average Bonchev–Trinajstić information content (AvgIpc) is 3.28. The summed E-state index contributed by atoms with van der Waals surface area (Å²) in [6, 6.07) is 8.50. The van der Waals surface area contributed by atoms with Gasteiger partial charge in [0.2, 0.25) is 5.91 Å². The van der Waals surface area contributed by atoms with Crippen molar-refractivity contribution in [1.82, 2.24) is 19.4 Å². The van der Waals surface area contributed by atoms with Gasteiger partial charge < -0.3 is 14.2 Å². The summed E-state index contributed by atoms with van der Waals surface area (Å²) in [5.41, 5.74) is 2.08. The Hall–Kier alpha value is -2.18. The molecular weight excluding hydrogens is 364 g/mol. The second-order valence-corrected chi connectivity index (χ2v) is 8.71. The molecule has 1 aliphatic heterocycles. The van der Waals surface area contributed by atoms with Gasteiger partial charge in [-0.25, -0.2) is 4.98 Å². The van der Waals surface area contributed by atoms with Crippen molar-refractivity contribution in [2.24, 2.45) is 0 Å². The fourth-order valence-corrected chi connectivity index (χ4v) is 4.99. The third-order valence-corrected chi connectivity index (χ3v) is 6.45. The third-order valence-electron chi connectivity index (χ3n) is 6.45. The zero-order valence-electron chi connectivity index (χ0n) is 18.0. The third kappa shape index (κ3) is 3.83. The zero-order valence-corrected chi connectivity index (χ0v) is 18.0. The molecule has 2 aromatic rings. The van der Waals surface area contributed by atoms with Crippen molar-refractivity contribution in [3.8, 4) is 0 Å². The average molecular weight is 397 g/mol. The van der Waals surface area contributed by atoms with Crippen LogP contribution in [-0.4, -0.2) is 69.7 Å². The maximum Gasteiger partial charge on any atom is 0.243 e. The number of imidazole rings is 1. The number of fused-ring (bicyclic) bond motifs is 1. The van der Waals surface area contributed by atoms with Crippen molar-refractivity contribution in [2.45, 2.75) is 57.9 Å². The van der Waals surface area contributed by atoms with E-state index in [0.717, 1.165) is 38.3 Å². The molecule has 1 amide bonds. The van der Waals surface area contributed by atoms with Crippen LogP contribution in [0.25, 0.3) is 0 Å². The Balaban J connectivity index is 1.58. The van der Waals surface area contributed by atoms with Crippen LogP contribution in [0.4, 0.5) is 0 Å². The quantitative estimate of drug-likeness (QED) is 0.778. The van der Waals surface area contributed by atoms with E-state index in [1.54, 1.807) is 0 Å². The minimum Gasteiger partial charge on any atom is -0.373 e. The Labute approximate surface area is 173 Å². The zero-order chi connectivity index (χ0) is 20.6. The van der Waals surface area contributed by atoms with Gasteiger partial charge in [-0.1, -0.05) is 24.3 Å². The van der Waals surface area contributed by atoms with E-state index in [1.165, 1.54) is 11.1 Å². The first kappa shape index (κ1) is 20.1. The molecule has 29 heavy (non-hydrogen) atoms. The molecule has 6 nitrogen and oxygen atoms in total. The molecule has 0 bridgehead atoms. The van der Waals surface area contributed by atoms with E-state index in [4.69, 9.17) is 4.74 Å². The summed E-state index contributed by atoms with van der Waals surface area (Å²) in [6.07, 6.45) is 5.59. The number of carbonyl (C=O) groups is 1. The molecular formula is C23H32N4O2. The molecule has 1 aromatic carbocycles. The van der Waals surface area contributed by atoms with E-state index in [-0.39, 0.29) is 18.1 Å². The summed E-state index contributed by atoms with van der Waals surface area (Å²) in [5.74, 6) is 1.19. The SMILES string of the molecule is Cc1nccn1CCN(C)C(=O)C1(N2C[C@@H](C)O[C@@H](C)C2)Cc2ccccc2C1. The summed E-state index contributed by atoms with van der Waals surface area (Å²) >= 11 is 0. The second-order valence-electron chi connectivity index (χ2n) is 8.71. The molecule has 1 aromatic heterocycles. The normalized spacial score (nSPS) is 23.7. The van der Waals surface area contributed by atoms with Gasteiger partial charge in [0.15, 0.2) is 0 Å². The highest BCUT2D eigenvalue weighted by atomic mass is 16.5. The second kappa shape index (κ2) is 7.92. The van der Waals surface area contributed by atoms with Crippen molar-refractivity contribution < 1.29 is 9.53 Å². The predicted molar refractivity (Wildman–Crippen MR) is 113 cm³/mol. The number of carbonyl (C=O) groups excluding carboxylic acids is 1. The van der Waals surface area contributed by atoms with Crippen LogP contribution in [0.5, 0.6) is 0 Å². The number of hydrogen-bond acceptors (Lipinski definition) is 4. The van der Waals surface area contributed by atoms with Crippen LogP contribution >= 0.6 is 0 Å². The monoisotopic (exact) mass is 396 g/mol. The van der Waals surface area contributed by atoms with Crippen molar-refractivity contribution in [3.05, 3.63) is 53.6 Å². The fraction of sp³-hybridized carbons (Fsp3) is 0.565. The highest BCUT2D eigenvalue weighted by Gasteiger charge is 2.51. The Morgan fingerprint density at radius 2 is 1.83 bits per heavy atom. The number of rotatable bonds is 5. The number of morpholine rings is 1. The van der Waals surface area contributed by atoms with Crippen molar-refractivity contribution in [1.29, 1.82) is 0 Å². The number of hydrogen-bond donors (Lipinski definition) is 0. The first-order valence-electron chi connectivity index (χ1n) is 10.6. The van der Waals surface area contributed by atoms with E-state index in [2.05, 4.69) is 52.6 Å². The van der Waals surface area contributed by atoms with Gasteiger partial charge in [0.1, 0.15) is 11.4 Å². The van der Waals surface area contributed by atoms with Crippen LogP contribution in [0, 0.1) is 6.92 Å². The number of likely N-dealkylation sites (N-methyl/N-ethyl adjacent to an activating group) is 1. The van der Waals surface area contributed by atoms with Crippen molar-refractivity contribution in [2.75, 3.05) is 26.7 Å². The summed E-state index contributed by atoms with van der Waals surface area (Å²) in [5, 5.41) is 0. The van der Waals surface area contributed by atoms with E-state index >= 15 is 0 Å². The topological polar surface area (TPSA) is 50.6 Å². The van der Waals surface area contributed by atoms with E-state index < -0.39 is 5.54 Å². The fourth-order valence-electron chi connectivity index (χ4n) is 4.99. The summed E-state index contributed by atoms with van der Waals surface area (Å²) < 4.78 is 8.07. The van der Waals surface area contributed by atoms with Crippen LogP contribution < -0.4 is 0 Å². The van der Waals surface area contributed by atoms with Gasteiger partial charge >= 0.3 is 0 Å². The Bertz CT molecular complexity index is 842. The van der Waals surface area contributed by atoms with Gasteiger partial charge in [-0.05, 0) is 31.9 Å². The van der Waals surface area contributed by atoms with E-state index in [9.17, 15) is 4.79 Å². The van der Waals surface area contributed by atoms with Gasteiger partial charge in [0.25, 0.3) is 0 Å². The maximum absolute atomic E-state index is 13.9. The van der Waals surface area contributed by atoms with Crippen LogP contribution in [-0.2, 0) is 28.9 Å². The maximum atomic E-state index is 13.9. The molecule has 0 spiro atoms. The predicted octanol–water partition coefficient (Wildman–Crippen LogP) is 2.30. The smallest absolute Gasteiger partial charge is 0.243 e. The van der Waals surface area contributed by atoms with Crippen molar-refractivity contribution >= 4 is 5.91 Å². The molecule has 1 fully saturated rings. The molecule has 0 radical (unpaired) electrons. The number of amides is 1. The minimum atomic E-state index is -0.519. The Morgan fingerprint density at radius 3 is 2.38 bits per heavy atom. The molecule has 2 atom stereocenters. The molecule has 0 unspecified atom stereocenters. The van der Waals surface area contributed by atoms with Crippen LogP contribution in [0.2, 0.25) is 0 Å². The molecule has 0 saturated carbocycles. The number of benzene rings is 1. The lowest BCUT2D eigenvalue weighted by atomic mass is 9.89. The lowest BCUT2D eigenvalue weighted by Crippen LogP contribution is -2.64. The minimum absolute atomic E-state index is 0.131. The molecule has 2 aliphatic rings. The van der Waals surface area contributed by atoms with E-state index in [0.29, 0.717) is 6.54 Å². The molecule has 156 valence electrons. The summed E-state index contributed by atoms with van der Waals surface area (Å²) in [7, 11) is 1.94. The Kier molecular flexibility index (Phi) is 5.49. The van der Waals surface area contributed by atoms with Crippen LogP contribution in [0.1, 0.15) is 30.8 Å². The van der Waals surface area contributed by atoms with Gasteiger partial charge in [-0.3, -0.25) is 9.69 Å². The van der Waals surface area contributed by atoms with Gasteiger partial charge in [-0.15, -0.1) is 0 Å². The van der Waals surface area contributed by atoms with Gasteiger partial charge in [0, 0.05) is 58.5 Å². The number of nitrogens with zero attached hydrogens (tertiary/aromatic N) is 4. The van der Waals surface area contributed by atoms with Crippen LogP contribution in [0.15, 0.2) is 36.7 Å². The standard InChI is InChI=1S/C23H32N4O2/c1-17-15-27(16-18(2)29-17)23(13-20-7-5-6-8-21(20)14-23)22(28)25(4)11-12-26-10-9-24-19(26)3/h5-10,17-18H,11-16H2,1-4H3/t17-,18+. The highest BCUT2D eigenvalue weighted by molar-refractivity contribution is 5.88. The molecule has 6 heteroatoms. The van der Waals surface area contributed by atoms with Crippen molar-refractivity contribution in [3.63, 3.8) is 0 Å². The summed E-state index contributed by atoms with van der Waals surface area (Å²) in [6.45, 7) is 9.21. The van der Waals surface area contributed by atoms with Gasteiger partial charge in [0.05, 0.1) is 12.2 Å². The molecule has 1 aliphatic carbocycles. The van der Waals surface area contributed by atoms with Gasteiger partial charge in [-0.2, -0.15) is 0 Å². The summed E-state index contributed by atoms with van der Waals surface area (Å²) in [4.78, 5) is 22.5. The Morgan fingerprint density at radius 1 is 1.21 bits per heavy atom. The number of ether oxygens (including phenoxy) is 1. The lowest BCUT2D eigenvalue weighted by Gasteiger charge is -2.47. The highest BCUT2D eigenvalue weighted by Crippen LogP contribution is 2.37. The molecule has 0 N–H and O–H groups in total. The molecule has 2 heterocycles.